The summed E-state index contributed by atoms with van der Waals surface area (Å²) < 4.78 is 12.9. The molecule has 1 aromatic carbocycles. The first kappa shape index (κ1) is 24.0. The van der Waals surface area contributed by atoms with Gasteiger partial charge in [0, 0.05) is 19.3 Å². The van der Waals surface area contributed by atoms with Gasteiger partial charge in [0.1, 0.15) is 15.8 Å². The van der Waals surface area contributed by atoms with Crippen LogP contribution in [0.5, 0.6) is 11.5 Å². The molecule has 5 heterocycles. The van der Waals surface area contributed by atoms with Crippen LogP contribution in [0.2, 0.25) is 0 Å². The first-order valence-corrected chi connectivity index (χ1v) is 13.5. The Morgan fingerprint density at radius 2 is 2.03 bits per heavy atom. The van der Waals surface area contributed by atoms with Crippen LogP contribution >= 0.6 is 24.0 Å². The van der Waals surface area contributed by atoms with Gasteiger partial charge in [-0.2, -0.15) is 0 Å². The number of benzene rings is 1. The van der Waals surface area contributed by atoms with Crippen molar-refractivity contribution in [2.45, 2.75) is 33.2 Å². The van der Waals surface area contributed by atoms with Gasteiger partial charge in [0.05, 0.1) is 17.0 Å². The molecule has 3 aromatic rings. The lowest BCUT2D eigenvalue weighted by Gasteiger charge is -2.32. The normalized spacial score (nSPS) is 20.5. The van der Waals surface area contributed by atoms with Crippen molar-refractivity contribution in [3.05, 3.63) is 68.5 Å². The van der Waals surface area contributed by atoms with Gasteiger partial charge in [0.25, 0.3) is 11.5 Å². The lowest BCUT2D eigenvalue weighted by atomic mass is 10.00. The maximum atomic E-state index is 13.7. The number of hydrogen-bond donors (Lipinski definition) is 0. The van der Waals surface area contributed by atoms with Crippen molar-refractivity contribution in [2.24, 2.45) is 5.92 Å². The molecule has 0 radical (unpaired) electrons. The highest BCUT2D eigenvalue weighted by atomic mass is 32.2. The van der Waals surface area contributed by atoms with Gasteiger partial charge in [-0.15, -0.1) is 0 Å². The predicted molar refractivity (Wildman–Crippen MR) is 148 cm³/mol. The van der Waals surface area contributed by atoms with Gasteiger partial charge in [-0.25, -0.2) is 4.98 Å². The van der Waals surface area contributed by atoms with Crippen molar-refractivity contribution in [3.63, 3.8) is 0 Å². The van der Waals surface area contributed by atoms with E-state index < -0.39 is 0 Å². The van der Waals surface area contributed by atoms with Crippen LogP contribution in [-0.4, -0.2) is 44.4 Å². The second-order valence-corrected chi connectivity index (χ2v) is 11.4. The first-order chi connectivity index (χ1) is 17.9. The minimum atomic E-state index is -0.223. The van der Waals surface area contributed by atoms with Crippen LogP contribution in [0.15, 0.2) is 46.2 Å². The number of hydrogen-bond acceptors (Lipinski definition) is 8. The summed E-state index contributed by atoms with van der Waals surface area (Å²) in [7, 11) is 0. The maximum absolute atomic E-state index is 13.7. The number of ether oxygens (including phenoxy) is 2. The number of carbonyl (C=O) groups excluding carboxylic acids is 1. The number of aryl methyl sites for hydroxylation is 1. The number of thiocarbonyl (C=S) groups is 1. The minimum absolute atomic E-state index is 0.190. The molecule has 0 aliphatic carbocycles. The van der Waals surface area contributed by atoms with E-state index in [4.69, 9.17) is 26.7 Å². The average molecular weight is 535 g/mol. The third kappa shape index (κ3) is 4.48. The number of carbonyl (C=O) groups is 1. The largest absolute Gasteiger partial charge is 0.454 e. The molecule has 0 saturated carbocycles. The van der Waals surface area contributed by atoms with E-state index in [0.29, 0.717) is 50.2 Å². The van der Waals surface area contributed by atoms with Crippen LogP contribution in [-0.2, 0) is 11.3 Å². The number of thioether (sulfide) groups is 1. The molecular formula is C27H26N4O4S2. The molecule has 2 aromatic heterocycles. The highest BCUT2D eigenvalue weighted by molar-refractivity contribution is 8.26. The van der Waals surface area contributed by atoms with Crippen molar-refractivity contribution in [3.8, 4) is 11.5 Å². The number of fused-ring (bicyclic) bond motifs is 2. The molecule has 1 atom stereocenters. The highest BCUT2D eigenvalue weighted by Crippen LogP contribution is 2.37. The van der Waals surface area contributed by atoms with E-state index in [2.05, 4.69) is 11.8 Å². The lowest BCUT2D eigenvalue weighted by molar-refractivity contribution is -0.122. The van der Waals surface area contributed by atoms with Crippen molar-refractivity contribution >= 4 is 51.7 Å². The smallest absolute Gasteiger partial charge is 0.267 e. The summed E-state index contributed by atoms with van der Waals surface area (Å²) in [5.74, 6) is 2.25. The standard InChI is InChI=1S/C27H26N4O4S2/c1-16-4-3-9-29(12-16)24-19(25(32)30-13-17(2)5-8-23(30)28-24)11-22-26(33)31(27(36)37-22)14-18-6-7-20-21(10-18)35-15-34-20/h5-8,10-11,13,16H,3-4,9,12,14-15H2,1-2H3/b22-11+. The Kier molecular flexibility index (Phi) is 6.16. The molecule has 0 bridgehead atoms. The van der Waals surface area contributed by atoms with E-state index in [-0.39, 0.29) is 18.3 Å². The van der Waals surface area contributed by atoms with Crippen molar-refractivity contribution in [1.82, 2.24) is 14.3 Å². The fraction of sp³-hybridized carbons (Fsp3) is 0.333. The van der Waals surface area contributed by atoms with Gasteiger partial charge in [0.15, 0.2) is 11.5 Å². The van der Waals surface area contributed by atoms with Gasteiger partial charge in [0.2, 0.25) is 6.79 Å². The van der Waals surface area contributed by atoms with Crippen LogP contribution in [0, 0.1) is 12.8 Å². The van der Waals surface area contributed by atoms with E-state index in [1.165, 1.54) is 11.8 Å². The van der Waals surface area contributed by atoms with Crippen molar-refractivity contribution in [2.75, 3.05) is 24.8 Å². The number of rotatable bonds is 4. The summed E-state index contributed by atoms with van der Waals surface area (Å²) in [5.41, 5.74) is 2.66. The predicted octanol–water partition coefficient (Wildman–Crippen LogP) is 4.37. The number of piperidine rings is 1. The minimum Gasteiger partial charge on any atom is -0.454 e. The van der Waals surface area contributed by atoms with E-state index in [0.717, 1.165) is 37.1 Å². The Morgan fingerprint density at radius 3 is 2.86 bits per heavy atom. The van der Waals surface area contributed by atoms with Crippen molar-refractivity contribution < 1.29 is 14.3 Å². The summed E-state index contributed by atoms with van der Waals surface area (Å²) in [4.78, 5) is 36.3. The average Bonchev–Trinajstić information content (AvgIpc) is 3.45. The Labute approximate surface area is 223 Å². The molecule has 1 unspecified atom stereocenters. The molecule has 2 fully saturated rings. The molecule has 10 heteroatoms. The zero-order chi connectivity index (χ0) is 25.7. The Morgan fingerprint density at radius 1 is 1.19 bits per heavy atom. The highest BCUT2D eigenvalue weighted by Gasteiger charge is 2.33. The van der Waals surface area contributed by atoms with Gasteiger partial charge < -0.3 is 14.4 Å². The summed E-state index contributed by atoms with van der Waals surface area (Å²) in [6, 6.07) is 9.41. The molecule has 0 spiro atoms. The maximum Gasteiger partial charge on any atom is 0.267 e. The number of pyridine rings is 1. The van der Waals surface area contributed by atoms with Crippen LogP contribution < -0.4 is 19.9 Å². The Hall–Kier alpha value is -3.37. The van der Waals surface area contributed by atoms with Crippen LogP contribution in [0.25, 0.3) is 11.7 Å². The summed E-state index contributed by atoms with van der Waals surface area (Å²) in [6.45, 7) is 6.29. The number of amides is 1. The molecule has 8 nitrogen and oxygen atoms in total. The Balaban J connectivity index is 1.38. The van der Waals surface area contributed by atoms with Crippen LogP contribution in [0.1, 0.15) is 36.5 Å². The molecule has 190 valence electrons. The van der Waals surface area contributed by atoms with Crippen LogP contribution in [0.3, 0.4) is 0 Å². The fourth-order valence-electron chi connectivity index (χ4n) is 4.99. The first-order valence-electron chi connectivity index (χ1n) is 12.3. The number of anilines is 1. The van der Waals surface area contributed by atoms with E-state index in [1.54, 1.807) is 21.6 Å². The summed E-state index contributed by atoms with van der Waals surface area (Å²) in [5, 5.41) is 0. The second-order valence-electron chi connectivity index (χ2n) is 9.74. The second kappa shape index (κ2) is 9.50. The molecular weight excluding hydrogens is 508 g/mol. The van der Waals surface area contributed by atoms with Crippen LogP contribution in [0.4, 0.5) is 5.82 Å². The third-order valence-electron chi connectivity index (χ3n) is 6.87. The zero-order valence-corrected chi connectivity index (χ0v) is 22.2. The van der Waals surface area contributed by atoms with Gasteiger partial charge >= 0.3 is 0 Å². The topological polar surface area (TPSA) is 76.4 Å². The Bertz CT molecular complexity index is 1530. The molecule has 3 aliphatic heterocycles. The molecule has 37 heavy (non-hydrogen) atoms. The summed E-state index contributed by atoms with van der Waals surface area (Å²) in [6.07, 6.45) is 5.65. The molecule has 6 rings (SSSR count). The van der Waals surface area contributed by atoms with E-state index >= 15 is 0 Å². The lowest BCUT2D eigenvalue weighted by Crippen LogP contribution is -2.37. The van der Waals surface area contributed by atoms with E-state index in [1.807, 2.05) is 37.3 Å². The van der Waals surface area contributed by atoms with Gasteiger partial charge in [-0.3, -0.25) is 18.9 Å². The van der Waals surface area contributed by atoms with Gasteiger partial charge in [-0.1, -0.05) is 43.0 Å². The summed E-state index contributed by atoms with van der Waals surface area (Å²) >= 11 is 6.78. The monoisotopic (exact) mass is 534 g/mol. The van der Waals surface area contributed by atoms with E-state index in [9.17, 15) is 9.59 Å². The fourth-order valence-corrected chi connectivity index (χ4v) is 6.22. The zero-order valence-electron chi connectivity index (χ0n) is 20.6. The number of nitrogens with zero attached hydrogens (tertiary/aromatic N) is 4. The molecule has 3 aliphatic rings. The molecule has 0 N–H and O–H groups in total. The third-order valence-corrected chi connectivity index (χ3v) is 8.25. The van der Waals surface area contributed by atoms with Gasteiger partial charge in [-0.05, 0) is 61.1 Å². The number of aromatic nitrogens is 2. The molecule has 1 amide bonds. The SMILES string of the molecule is Cc1ccc2nc(N3CCCC(C)C3)c(/C=C3/SC(=S)N(Cc4ccc5c(c4)OCO5)C3=O)c(=O)n2c1. The quantitative estimate of drug-likeness (QED) is 0.361. The molecule has 2 saturated heterocycles. The van der Waals surface area contributed by atoms with Crippen molar-refractivity contribution in [1.29, 1.82) is 0 Å².